The van der Waals surface area contributed by atoms with Gasteiger partial charge in [-0.05, 0) is 37.0 Å². The van der Waals surface area contributed by atoms with Gasteiger partial charge in [-0.1, -0.05) is 12.1 Å². The van der Waals surface area contributed by atoms with Crippen LogP contribution >= 0.6 is 0 Å². The lowest BCUT2D eigenvalue weighted by atomic mass is 10.1. The Hall–Kier alpha value is -1.04. The summed E-state index contributed by atoms with van der Waals surface area (Å²) in [5.74, 6) is -0.315. The molecule has 138 valence electrons. The fourth-order valence-corrected chi connectivity index (χ4v) is 2.83. The Balaban J connectivity index is 2.04. The minimum atomic E-state index is -4.16. The molecule has 0 atom stereocenters. The summed E-state index contributed by atoms with van der Waals surface area (Å²) in [4.78, 5) is -0.131. The van der Waals surface area contributed by atoms with Crippen molar-refractivity contribution in [2.45, 2.75) is 24.2 Å². The van der Waals surface area contributed by atoms with Gasteiger partial charge in [-0.3, -0.25) is 9.11 Å². The second-order valence-corrected chi connectivity index (χ2v) is 8.08. The number of hydrogen-bond donors (Lipinski definition) is 2. The smallest absolute Gasteiger partial charge is 0.294 e. The average Bonchev–Trinajstić information content (AvgIpc) is 2.47. The van der Waals surface area contributed by atoms with Crippen molar-refractivity contribution >= 4 is 20.2 Å². The summed E-state index contributed by atoms with van der Waals surface area (Å²) in [5, 5.41) is 0. The van der Waals surface area contributed by atoms with Gasteiger partial charge in [0.25, 0.3) is 20.2 Å². The summed E-state index contributed by atoms with van der Waals surface area (Å²) < 4.78 is 70.6. The third-order valence-electron chi connectivity index (χ3n) is 3.04. The topological polar surface area (TPSA) is 127 Å². The highest BCUT2D eigenvalue weighted by atomic mass is 32.2. The molecule has 0 fully saturated rings. The van der Waals surface area contributed by atoms with E-state index < -0.39 is 20.2 Å². The summed E-state index contributed by atoms with van der Waals surface area (Å²) in [5.41, 5.74) is 0.937. The van der Waals surface area contributed by atoms with Crippen molar-refractivity contribution in [3.8, 4) is 0 Å². The lowest BCUT2D eigenvalue weighted by molar-refractivity contribution is 0.0473. The van der Waals surface area contributed by atoms with Gasteiger partial charge >= 0.3 is 0 Å². The quantitative estimate of drug-likeness (QED) is 0.407. The van der Waals surface area contributed by atoms with E-state index in [0.717, 1.165) is 12.0 Å². The standard InChI is InChI=1S/C14H22O8S2/c15-23(16,17)12-2-9-22-11-10-21-8-1-3-13-4-6-14(7-5-13)24(18,19)20/h4-7H,1-3,8-12H2,(H,15,16,17)(H,18,19,20). The van der Waals surface area contributed by atoms with E-state index in [0.29, 0.717) is 26.2 Å². The third-order valence-corrected chi connectivity index (χ3v) is 4.71. The summed E-state index contributed by atoms with van der Waals surface area (Å²) in [7, 11) is -8.08. The summed E-state index contributed by atoms with van der Waals surface area (Å²) in [6, 6.07) is 5.99. The van der Waals surface area contributed by atoms with Gasteiger partial charge in [0.15, 0.2) is 0 Å². The highest BCUT2D eigenvalue weighted by Gasteiger charge is 2.08. The molecule has 0 unspecified atom stereocenters. The minimum Gasteiger partial charge on any atom is -0.379 e. The van der Waals surface area contributed by atoms with Crippen molar-refractivity contribution in [1.29, 1.82) is 0 Å². The summed E-state index contributed by atoms with van der Waals surface area (Å²) in [6.07, 6.45) is 1.69. The van der Waals surface area contributed by atoms with Crippen LogP contribution in [0.15, 0.2) is 29.2 Å². The van der Waals surface area contributed by atoms with E-state index in [4.69, 9.17) is 18.6 Å². The van der Waals surface area contributed by atoms with Crippen LogP contribution in [-0.4, -0.2) is 58.1 Å². The van der Waals surface area contributed by atoms with Crippen LogP contribution in [0.4, 0.5) is 0 Å². The zero-order chi connectivity index (χ0) is 18.1. The van der Waals surface area contributed by atoms with Crippen LogP contribution in [0.1, 0.15) is 18.4 Å². The highest BCUT2D eigenvalue weighted by molar-refractivity contribution is 7.86. The molecule has 0 aliphatic rings. The van der Waals surface area contributed by atoms with E-state index in [-0.39, 0.29) is 23.7 Å². The molecule has 0 aromatic heterocycles. The second kappa shape index (κ2) is 10.1. The zero-order valence-corrected chi connectivity index (χ0v) is 14.8. The number of aryl methyl sites for hydroxylation is 1. The summed E-state index contributed by atoms with van der Waals surface area (Å²) in [6.45, 7) is 1.47. The van der Waals surface area contributed by atoms with Gasteiger partial charge in [0, 0.05) is 13.2 Å². The van der Waals surface area contributed by atoms with Crippen LogP contribution in [-0.2, 0) is 36.1 Å². The van der Waals surface area contributed by atoms with Crippen LogP contribution in [0, 0.1) is 0 Å². The van der Waals surface area contributed by atoms with Gasteiger partial charge in [-0.2, -0.15) is 16.8 Å². The second-order valence-electron chi connectivity index (χ2n) is 5.09. The number of rotatable bonds is 12. The predicted molar refractivity (Wildman–Crippen MR) is 87.2 cm³/mol. The third kappa shape index (κ3) is 9.96. The van der Waals surface area contributed by atoms with Crippen LogP contribution in [0.3, 0.4) is 0 Å². The molecule has 24 heavy (non-hydrogen) atoms. The van der Waals surface area contributed by atoms with Gasteiger partial charge in [0.1, 0.15) is 0 Å². The molecule has 0 radical (unpaired) electrons. The van der Waals surface area contributed by atoms with E-state index >= 15 is 0 Å². The molecule has 0 aliphatic heterocycles. The minimum absolute atomic E-state index is 0.131. The fraction of sp³-hybridized carbons (Fsp3) is 0.571. The lowest BCUT2D eigenvalue weighted by Gasteiger charge is -2.06. The molecule has 0 saturated heterocycles. The predicted octanol–water partition coefficient (Wildman–Crippen LogP) is 1.18. The van der Waals surface area contributed by atoms with E-state index in [1.807, 2.05) is 0 Å². The van der Waals surface area contributed by atoms with E-state index in [1.165, 1.54) is 12.1 Å². The Morgan fingerprint density at radius 1 is 0.792 bits per heavy atom. The molecule has 10 heteroatoms. The molecule has 0 aliphatic carbocycles. The Morgan fingerprint density at radius 2 is 1.33 bits per heavy atom. The monoisotopic (exact) mass is 382 g/mol. The maximum absolute atomic E-state index is 10.9. The Kier molecular flexibility index (Phi) is 8.81. The molecular formula is C14H22O8S2. The van der Waals surface area contributed by atoms with Crippen molar-refractivity contribution in [3.63, 3.8) is 0 Å². The Bertz CT molecular complexity index is 680. The zero-order valence-electron chi connectivity index (χ0n) is 13.1. The lowest BCUT2D eigenvalue weighted by Crippen LogP contribution is -2.10. The molecular weight excluding hydrogens is 360 g/mol. The van der Waals surface area contributed by atoms with E-state index in [1.54, 1.807) is 12.1 Å². The Labute approximate surface area is 142 Å². The van der Waals surface area contributed by atoms with Crippen molar-refractivity contribution in [1.82, 2.24) is 0 Å². The van der Waals surface area contributed by atoms with Crippen LogP contribution < -0.4 is 0 Å². The molecule has 0 spiro atoms. The molecule has 2 N–H and O–H groups in total. The van der Waals surface area contributed by atoms with E-state index in [9.17, 15) is 16.8 Å². The number of benzene rings is 1. The maximum Gasteiger partial charge on any atom is 0.294 e. The summed E-state index contributed by atoms with van der Waals surface area (Å²) >= 11 is 0. The first kappa shape index (κ1) is 21.0. The molecule has 0 saturated carbocycles. The number of ether oxygens (including phenoxy) is 2. The van der Waals surface area contributed by atoms with Crippen LogP contribution in [0.2, 0.25) is 0 Å². The van der Waals surface area contributed by atoms with Gasteiger partial charge in [0.2, 0.25) is 0 Å². The first-order valence-corrected chi connectivity index (χ1v) is 10.4. The fourth-order valence-electron chi connectivity index (χ4n) is 1.87. The highest BCUT2D eigenvalue weighted by Crippen LogP contribution is 2.11. The van der Waals surface area contributed by atoms with Crippen molar-refractivity contribution < 1.29 is 35.4 Å². The molecule has 0 bridgehead atoms. The first-order valence-electron chi connectivity index (χ1n) is 7.35. The van der Waals surface area contributed by atoms with Crippen molar-refractivity contribution in [3.05, 3.63) is 29.8 Å². The SMILES string of the molecule is O=S(=O)(O)CCCOCCOCCCc1ccc(S(=O)(=O)O)cc1. The van der Waals surface area contributed by atoms with Gasteiger partial charge in [0.05, 0.1) is 23.9 Å². The normalized spacial score (nSPS) is 12.4. The van der Waals surface area contributed by atoms with Gasteiger partial charge < -0.3 is 9.47 Å². The maximum atomic E-state index is 10.9. The van der Waals surface area contributed by atoms with Gasteiger partial charge in [-0.15, -0.1) is 0 Å². The van der Waals surface area contributed by atoms with Crippen molar-refractivity contribution in [2.75, 3.05) is 32.2 Å². The van der Waals surface area contributed by atoms with Crippen LogP contribution in [0.25, 0.3) is 0 Å². The first-order chi connectivity index (χ1) is 11.2. The van der Waals surface area contributed by atoms with Gasteiger partial charge in [-0.25, -0.2) is 0 Å². The molecule has 1 rings (SSSR count). The largest absolute Gasteiger partial charge is 0.379 e. The molecule has 8 nitrogen and oxygen atoms in total. The molecule has 0 heterocycles. The molecule has 1 aromatic rings. The molecule has 0 amide bonds. The Morgan fingerprint density at radius 3 is 1.83 bits per heavy atom. The average molecular weight is 382 g/mol. The van der Waals surface area contributed by atoms with Crippen molar-refractivity contribution in [2.24, 2.45) is 0 Å². The number of hydrogen-bond acceptors (Lipinski definition) is 6. The molecule has 1 aromatic carbocycles. The van der Waals surface area contributed by atoms with Crippen LogP contribution in [0.5, 0.6) is 0 Å². The van der Waals surface area contributed by atoms with E-state index in [2.05, 4.69) is 0 Å².